The molecule has 0 radical (unpaired) electrons. The molecular formula is C23H28N2O4. The molecule has 1 aliphatic heterocycles. The van der Waals surface area contributed by atoms with Gasteiger partial charge in [-0.3, -0.25) is 15.0 Å². The molecule has 1 aliphatic rings. The van der Waals surface area contributed by atoms with Crippen molar-refractivity contribution < 1.29 is 19.1 Å². The average Bonchev–Trinajstić information content (AvgIpc) is 2.68. The van der Waals surface area contributed by atoms with Gasteiger partial charge in [0.05, 0.1) is 18.3 Å². The summed E-state index contributed by atoms with van der Waals surface area (Å²) in [4.78, 5) is 26.7. The first kappa shape index (κ1) is 20.9. The first-order valence-corrected chi connectivity index (χ1v) is 9.92. The van der Waals surface area contributed by atoms with Crippen molar-refractivity contribution in [3.63, 3.8) is 0 Å². The third kappa shape index (κ3) is 5.81. The fourth-order valence-electron chi connectivity index (χ4n) is 3.40. The summed E-state index contributed by atoms with van der Waals surface area (Å²) in [7, 11) is 1.95. The van der Waals surface area contributed by atoms with E-state index < -0.39 is 6.09 Å². The largest absolute Gasteiger partial charge is 0.489 e. The molecule has 1 fully saturated rings. The van der Waals surface area contributed by atoms with Gasteiger partial charge in [0.1, 0.15) is 12.4 Å². The Labute approximate surface area is 171 Å². The standard InChI is InChI=1S/C23H28N2O4/c1-16(2)29-22-13-18(19-11-12-25(3)14-21(19)26)9-10-20(22)24-23(27)28-15-17-7-5-4-6-8-17/h4-10,13,16,19H,11-12,14-15H2,1-3H3,(H,24,27)/t19-/m0/s1. The van der Waals surface area contributed by atoms with E-state index >= 15 is 0 Å². The molecule has 0 bridgehead atoms. The van der Waals surface area contributed by atoms with Crippen LogP contribution in [0, 0.1) is 0 Å². The van der Waals surface area contributed by atoms with Gasteiger partial charge in [-0.15, -0.1) is 0 Å². The molecule has 0 saturated carbocycles. The smallest absolute Gasteiger partial charge is 0.412 e. The molecule has 6 heteroatoms. The normalized spacial score (nSPS) is 17.2. The van der Waals surface area contributed by atoms with Crippen LogP contribution in [0.25, 0.3) is 0 Å². The molecule has 1 amide bonds. The Morgan fingerprint density at radius 3 is 2.66 bits per heavy atom. The Hall–Kier alpha value is -2.86. The summed E-state index contributed by atoms with van der Waals surface area (Å²) < 4.78 is 11.2. The van der Waals surface area contributed by atoms with Gasteiger partial charge in [0.15, 0.2) is 5.78 Å². The molecule has 1 heterocycles. The van der Waals surface area contributed by atoms with E-state index in [1.165, 1.54) is 0 Å². The minimum absolute atomic E-state index is 0.0701. The van der Waals surface area contributed by atoms with Gasteiger partial charge in [0.2, 0.25) is 0 Å². The van der Waals surface area contributed by atoms with Crippen molar-refractivity contribution >= 4 is 17.6 Å². The van der Waals surface area contributed by atoms with E-state index in [0.29, 0.717) is 18.0 Å². The lowest BCUT2D eigenvalue weighted by atomic mass is 9.88. The highest BCUT2D eigenvalue weighted by Crippen LogP contribution is 2.33. The van der Waals surface area contributed by atoms with E-state index in [9.17, 15) is 9.59 Å². The van der Waals surface area contributed by atoms with Crippen LogP contribution in [0.1, 0.15) is 37.3 Å². The highest BCUT2D eigenvalue weighted by atomic mass is 16.5. The predicted molar refractivity (Wildman–Crippen MR) is 112 cm³/mol. The summed E-state index contributed by atoms with van der Waals surface area (Å²) in [6.07, 6.45) is 0.160. The number of anilines is 1. The number of nitrogens with one attached hydrogen (secondary N) is 1. The van der Waals surface area contributed by atoms with Crippen molar-refractivity contribution in [1.29, 1.82) is 0 Å². The van der Waals surface area contributed by atoms with E-state index in [1.54, 1.807) is 6.07 Å². The highest BCUT2D eigenvalue weighted by molar-refractivity contribution is 5.90. The number of carbonyl (C=O) groups is 2. The summed E-state index contributed by atoms with van der Waals surface area (Å²) in [5.74, 6) is 0.609. The number of benzene rings is 2. The van der Waals surface area contributed by atoms with Gasteiger partial charge in [0.25, 0.3) is 0 Å². The number of hydrogen-bond donors (Lipinski definition) is 1. The molecular weight excluding hydrogens is 368 g/mol. The van der Waals surface area contributed by atoms with Gasteiger partial charge in [0, 0.05) is 5.92 Å². The average molecular weight is 396 g/mol. The number of ether oxygens (including phenoxy) is 2. The number of piperidine rings is 1. The lowest BCUT2D eigenvalue weighted by molar-refractivity contribution is -0.123. The van der Waals surface area contributed by atoms with Crippen LogP contribution in [0.5, 0.6) is 5.75 Å². The molecule has 1 atom stereocenters. The Kier molecular flexibility index (Phi) is 6.88. The lowest BCUT2D eigenvalue weighted by Gasteiger charge is -2.28. The van der Waals surface area contributed by atoms with Gasteiger partial charge >= 0.3 is 6.09 Å². The van der Waals surface area contributed by atoms with Crippen LogP contribution in [-0.2, 0) is 16.1 Å². The van der Waals surface area contributed by atoms with Crippen LogP contribution in [0.3, 0.4) is 0 Å². The van der Waals surface area contributed by atoms with Crippen LogP contribution >= 0.6 is 0 Å². The van der Waals surface area contributed by atoms with E-state index in [-0.39, 0.29) is 24.4 Å². The number of Topliss-reactive ketones (excluding diaryl/α,β-unsaturated/α-hetero) is 1. The monoisotopic (exact) mass is 396 g/mol. The first-order chi connectivity index (χ1) is 13.9. The van der Waals surface area contributed by atoms with E-state index in [2.05, 4.69) is 5.32 Å². The number of ketones is 1. The number of likely N-dealkylation sites (tertiary alicyclic amines) is 1. The van der Waals surface area contributed by atoms with Crippen molar-refractivity contribution in [2.45, 2.75) is 38.9 Å². The molecule has 1 N–H and O–H groups in total. The quantitative estimate of drug-likeness (QED) is 0.792. The highest BCUT2D eigenvalue weighted by Gasteiger charge is 2.27. The maximum absolute atomic E-state index is 12.4. The second-order valence-corrected chi connectivity index (χ2v) is 7.65. The van der Waals surface area contributed by atoms with Crippen molar-refractivity contribution in [3.05, 3.63) is 59.7 Å². The molecule has 3 rings (SSSR count). The maximum atomic E-state index is 12.4. The van der Waals surface area contributed by atoms with Crippen LogP contribution in [0.15, 0.2) is 48.5 Å². The zero-order valence-electron chi connectivity index (χ0n) is 17.2. The Morgan fingerprint density at radius 1 is 1.21 bits per heavy atom. The molecule has 2 aromatic carbocycles. The second kappa shape index (κ2) is 9.56. The van der Waals surface area contributed by atoms with Gasteiger partial charge in [-0.05, 0) is 57.1 Å². The molecule has 6 nitrogen and oxygen atoms in total. The minimum Gasteiger partial charge on any atom is -0.489 e. The molecule has 154 valence electrons. The van der Waals surface area contributed by atoms with Gasteiger partial charge < -0.3 is 9.47 Å². The van der Waals surface area contributed by atoms with E-state index in [0.717, 1.165) is 24.1 Å². The van der Waals surface area contributed by atoms with Crippen molar-refractivity contribution in [2.75, 3.05) is 25.5 Å². The van der Waals surface area contributed by atoms with E-state index in [4.69, 9.17) is 9.47 Å². The fraction of sp³-hybridized carbons (Fsp3) is 0.391. The Bertz CT molecular complexity index is 851. The van der Waals surface area contributed by atoms with Crippen molar-refractivity contribution in [2.24, 2.45) is 0 Å². The number of nitrogens with zero attached hydrogens (tertiary/aromatic N) is 1. The summed E-state index contributed by atoms with van der Waals surface area (Å²) in [6.45, 7) is 5.37. The third-order valence-electron chi connectivity index (χ3n) is 4.83. The van der Waals surface area contributed by atoms with Crippen molar-refractivity contribution in [3.8, 4) is 5.75 Å². The molecule has 0 unspecified atom stereocenters. The Balaban J connectivity index is 1.72. The summed E-state index contributed by atoms with van der Waals surface area (Å²) in [5.41, 5.74) is 2.36. The molecule has 0 aromatic heterocycles. The third-order valence-corrected chi connectivity index (χ3v) is 4.83. The summed E-state index contributed by atoms with van der Waals surface area (Å²) >= 11 is 0. The lowest BCUT2D eigenvalue weighted by Crippen LogP contribution is -2.37. The molecule has 0 aliphatic carbocycles. The molecule has 0 spiro atoms. The van der Waals surface area contributed by atoms with E-state index in [1.807, 2.05) is 68.3 Å². The number of amides is 1. The van der Waals surface area contributed by atoms with Crippen molar-refractivity contribution in [1.82, 2.24) is 4.90 Å². The minimum atomic E-state index is -0.550. The van der Waals surface area contributed by atoms with Crippen LogP contribution in [-0.4, -0.2) is 43.0 Å². The predicted octanol–water partition coefficient (Wildman–Crippen LogP) is 4.21. The van der Waals surface area contributed by atoms with Crippen LogP contribution in [0.4, 0.5) is 10.5 Å². The summed E-state index contributed by atoms with van der Waals surface area (Å²) in [6, 6.07) is 15.0. The maximum Gasteiger partial charge on any atom is 0.412 e. The van der Waals surface area contributed by atoms with Crippen LogP contribution < -0.4 is 10.1 Å². The van der Waals surface area contributed by atoms with Gasteiger partial charge in [-0.25, -0.2) is 4.79 Å². The number of carbonyl (C=O) groups excluding carboxylic acids is 2. The summed E-state index contributed by atoms with van der Waals surface area (Å²) in [5, 5.41) is 2.76. The molecule has 29 heavy (non-hydrogen) atoms. The second-order valence-electron chi connectivity index (χ2n) is 7.65. The number of hydrogen-bond acceptors (Lipinski definition) is 5. The zero-order chi connectivity index (χ0) is 20.8. The zero-order valence-corrected chi connectivity index (χ0v) is 17.2. The molecule has 1 saturated heterocycles. The SMILES string of the molecule is CC(C)Oc1cc([C@@H]2CCN(C)CC2=O)ccc1NC(=O)OCc1ccccc1. The Morgan fingerprint density at radius 2 is 1.97 bits per heavy atom. The van der Waals surface area contributed by atoms with Crippen LogP contribution in [0.2, 0.25) is 0 Å². The topological polar surface area (TPSA) is 67.9 Å². The van der Waals surface area contributed by atoms with Gasteiger partial charge in [-0.1, -0.05) is 36.4 Å². The fourth-order valence-corrected chi connectivity index (χ4v) is 3.40. The molecule has 2 aromatic rings. The van der Waals surface area contributed by atoms with Gasteiger partial charge in [-0.2, -0.15) is 0 Å². The number of likely N-dealkylation sites (N-methyl/N-ethyl adjacent to an activating group) is 1. The first-order valence-electron chi connectivity index (χ1n) is 9.92. The number of rotatable bonds is 6.